The van der Waals surface area contributed by atoms with E-state index in [2.05, 4.69) is 4.98 Å². The summed E-state index contributed by atoms with van der Waals surface area (Å²) in [6.45, 7) is 6.06. The Bertz CT molecular complexity index is 543. The summed E-state index contributed by atoms with van der Waals surface area (Å²) in [4.78, 5) is 4.47. The van der Waals surface area contributed by atoms with E-state index in [0.29, 0.717) is 10.7 Å². The Balaban J connectivity index is 2.78. The average Bonchev–Trinajstić information content (AvgIpc) is 2.17. The van der Waals surface area contributed by atoms with Crippen LogP contribution < -0.4 is 0 Å². The molecule has 0 unspecified atom stereocenters. The molecule has 84 valence electrons. The zero-order valence-electron chi connectivity index (χ0n) is 9.58. The highest BCUT2D eigenvalue weighted by Gasteiger charge is 2.20. The number of rotatable bonds is 0. The van der Waals surface area contributed by atoms with Gasteiger partial charge in [-0.2, -0.15) is 0 Å². The van der Waals surface area contributed by atoms with E-state index in [1.807, 2.05) is 32.9 Å². The van der Waals surface area contributed by atoms with Crippen LogP contribution in [-0.2, 0) is 5.41 Å². The van der Waals surface area contributed by atoms with Crippen molar-refractivity contribution in [2.75, 3.05) is 0 Å². The zero-order valence-corrected chi connectivity index (χ0v) is 10.3. The lowest BCUT2D eigenvalue weighted by molar-refractivity contribution is 0.440. The molecule has 0 saturated heterocycles. The van der Waals surface area contributed by atoms with E-state index in [9.17, 15) is 5.11 Å². The second-order valence-electron chi connectivity index (χ2n) is 4.91. The van der Waals surface area contributed by atoms with Crippen molar-refractivity contribution in [1.82, 2.24) is 4.98 Å². The van der Waals surface area contributed by atoms with E-state index in [1.165, 1.54) is 0 Å². The Hall–Kier alpha value is -1.28. The largest absolute Gasteiger partial charge is 0.506 e. The first kappa shape index (κ1) is 11.2. The Labute approximate surface area is 99.9 Å². The van der Waals surface area contributed by atoms with Crippen LogP contribution >= 0.6 is 11.6 Å². The van der Waals surface area contributed by atoms with Gasteiger partial charge in [0, 0.05) is 10.8 Å². The van der Waals surface area contributed by atoms with Gasteiger partial charge in [-0.1, -0.05) is 38.4 Å². The summed E-state index contributed by atoms with van der Waals surface area (Å²) in [5, 5.41) is 11.3. The maximum atomic E-state index is 9.95. The molecule has 0 atom stereocenters. The minimum absolute atomic E-state index is 0.180. The molecule has 1 aromatic heterocycles. The minimum atomic E-state index is -0.180. The molecule has 2 rings (SSSR count). The van der Waals surface area contributed by atoms with Gasteiger partial charge >= 0.3 is 0 Å². The van der Waals surface area contributed by atoms with Crippen molar-refractivity contribution < 1.29 is 5.11 Å². The van der Waals surface area contributed by atoms with Crippen LogP contribution in [0, 0.1) is 0 Å². The number of aromatic nitrogens is 1. The summed E-state index contributed by atoms with van der Waals surface area (Å²) >= 11 is 6.04. The molecule has 2 aromatic rings. The lowest BCUT2D eigenvalue weighted by atomic mass is 9.90. The maximum Gasteiger partial charge on any atom is 0.138 e. The fourth-order valence-corrected chi connectivity index (χ4v) is 1.92. The smallest absolute Gasteiger partial charge is 0.138 e. The van der Waals surface area contributed by atoms with E-state index in [1.54, 1.807) is 12.1 Å². The maximum absolute atomic E-state index is 9.95. The normalized spacial score (nSPS) is 12.0. The molecule has 1 heterocycles. The third-order valence-electron chi connectivity index (χ3n) is 2.50. The van der Waals surface area contributed by atoms with Crippen LogP contribution in [0.4, 0.5) is 0 Å². The number of benzene rings is 1. The molecule has 1 aromatic carbocycles. The van der Waals surface area contributed by atoms with Gasteiger partial charge in [0.05, 0.1) is 16.2 Å². The van der Waals surface area contributed by atoms with Crippen LogP contribution in [0.25, 0.3) is 10.9 Å². The molecule has 3 heteroatoms. The predicted octanol–water partition coefficient (Wildman–Crippen LogP) is 3.89. The van der Waals surface area contributed by atoms with Gasteiger partial charge < -0.3 is 5.11 Å². The summed E-state index contributed by atoms with van der Waals surface area (Å²) in [5.74, 6) is 0.202. The van der Waals surface area contributed by atoms with E-state index in [4.69, 9.17) is 11.6 Å². The highest BCUT2D eigenvalue weighted by Crippen LogP contribution is 2.33. The van der Waals surface area contributed by atoms with E-state index >= 15 is 0 Å². The van der Waals surface area contributed by atoms with Crippen molar-refractivity contribution in [3.8, 4) is 5.75 Å². The van der Waals surface area contributed by atoms with Gasteiger partial charge in [-0.15, -0.1) is 0 Å². The van der Waals surface area contributed by atoms with Crippen molar-refractivity contribution >= 4 is 22.5 Å². The Kier molecular flexibility index (Phi) is 2.55. The molecule has 16 heavy (non-hydrogen) atoms. The highest BCUT2D eigenvalue weighted by atomic mass is 35.5. The second kappa shape index (κ2) is 3.63. The van der Waals surface area contributed by atoms with Crippen molar-refractivity contribution in [3.05, 3.63) is 35.0 Å². The summed E-state index contributed by atoms with van der Waals surface area (Å²) < 4.78 is 0. The number of hydrogen-bond donors (Lipinski definition) is 1. The number of hydrogen-bond acceptors (Lipinski definition) is 2. The first-order valence-corrected chi connectivity index (χ1v) is 5.56. The van der Waals surface area contributed by atoms with Gasteiger partial charge in [0.15, 0.2) is 0 Å². The van der Waals surface area contributed by atoms with Gasteiger partial charge in [-0.3, -0.25) is 0 Å². The van der Waals surface area contributed by atoms with E-state index < -0.39 is 0 Å². The molecule has 0 spiro atoms. The Morgan fingerprint density at radius 3 is 2.56 bits per heavy atom. The van der Waals surface area contributed by atoms with Crippen LogP contribution in [-0.4, -0.2) is 10.1 Å². The van der Waals surface area contributed by atoms with Crippen LogP contribution in [0.5, 0.6) is 5.75 Å². The van der Waals surface area contributed by atoms with E-state index in [0.717, 1.165) is 10.9 Å². The molecule has 0 bridgehead atoms. The lowest BCUT2D eigenvalue weighted by Gasteiger charge is -2.19. The first-order valence-electron chi connectivity index (χ1n) is 5.18. The monoisotopic (exact) mass is 235 g/mol. The van der Waals surface area contributed by atoms with Crippen LogP contribution in [0.1, 0.15) is 26.5 Å². The highest BCUT2D eigenvalue weighted by molar-refractivity contribution is 6.35. The van der Waals surface area contributed by atoms with Gasteiger partial charge in [-0.25, -0.2) is 4.98 Å². The summed E-state index contributed by atoms with van der Waals surface area (Å²) in [6.07, 6.45) is 0. The second-order valence-corrected chi connectivity index (χ2v) is 5.32. The minimum Gasteiger partial charge on any atom is -0.506 e. The number of halogens is 1. The standard InChI is InChI=1S/C13H14ClNO/c1-13(2,3)12-11(16)7-8-9(14)5-4-6-10(8)15-12/h4-7,16H,1-3H3. The van der Waals surface area contributed by atoms with Crippen molar-refractivity contribution in [2.45, 2.75) is 26.2 Å². The molecule has 0 radical (unpaired) electrons. The summed E-state index contributed by atoms with van der Waals surface area (Å²) in [5.41, 5.74) is 1.33. The topological polar surface area (TPSA) is 33.1 Å². The number of aromatic hydroxyl groups is 1. The first-order chi connectivity index (χ1) is 7.39. The molecule has 0 aliphatic rings. The summed E-state index contributed by atoms with van der Waals surface area (Å²) in [7, 11) is 0. The Morgan fingerprint density at radius 2 is 1.94 bits per heavy atom. The lowest BCUT2D eigenvalue weighted by Crippen LogP contribution is -2.13. The average molecular weight is 236 g/mol. The molecule has 1 N–H and O–H groups in total. The quantitative estimate of drug-likeness (QED) is 0.752. The van der Waals surface area contributed by atoms with Crippen LogP contribution in [0.3, 0.4) is 0 Å². The van der Waals surface area contributed by atoms with Crippen LogP contribution in [0.15, 0.2) is 24.3 Å². The fourth-order valence-electron chi connectivity index (χ4n) is 1.70. The molecule has 0 aliphatic carbocycles. The summed E-state index contributed by atoms with van der Waals surface area (Å²) in [6, 6.07) is 7.24. The third kappa shape index (κ3) is 1.85. The molecule has 0 saturated carbocycles. The molecule has 2 nitrogen and oxygen atoms in total. The van der Waals surface area contributed by atoms with Gasteiger partial charge in [0.25, 0.3) is 0 Å². The predicted molar refractivity (Wildman–Crippen MR) is 67.1 cm³/mol. The SMILES string of the molecule is CC(C)(C)c1nc2cccc(Cl)c2cc1O. The van der Waals surface area contributed by atoms with Crippen molar-refractivity contribution in [2.24, 2.45) is 0 Å². The zero-order chi connectivity index (χ0) is 11.9. The van der Waals surface area contributed by atoms with Crippen LogP contribution in [0.2, 0.25) is 5.02 Å². The number of fused-ring (bicyclic) bond motifs is 1. The number of nitrogens with zero attached hydrogens (tertiary/aromatic N) is 1. The molecule has 0 aliphatic heterocycles. The fraction of sp³-hybridized carbons (Fsp3) is 0.308. The van der Waals surface area contributed by atoms with E-state index in [-0.39, 0.29) is 11.2 Å². The van der Waals surface area contributed by atoms with Crippen molar-refractivity contribution in [1.29, 1.82) is 0 Å². The van der Waals surface area contributed by atoms with Gasteiger partial charge in [0.1, 0.15) is 5.75 Å². The molecular formula is C13H14ClNO. The molecular weight excluding hydrogens is 222 g/mol. The molecule has 0 fully saturated rings. The number of pyridine rings is 1. The molecule has 0 amide bonds. The third-order valence-corrected chi connectivity index (χ3v) is 2.83. The van der Waals surface area contributed by atoms with Gasteiger partial charge in [0.2, 0.25) is 0 Å². The Morgan fingerprint density at radius 1 is 1.25 bits per heavy atom. The van der Waals surface area contributed by atoms with Gasteiger partial charge in [-0.05, 0) is 18.2 Å². The van der Waals surface area contributed by atoms with Crippen molar-refractivity contribution in [3.63, 3.8) is 0 Å².